The third-order valence-corrected chi connectivity index (χ3v) is 4.83. The molecule has 3 rings (SSSR count). The van der Waals surface area contributed by atoms with Crippen molar-refractivity contribution in [3.05, 3.63) is 18.5 Å². The van der Waals surface area contributed by atoms with Crippen molar-refractivity contribution in [1.29, 1.82) is 0 Å². The molecule has 0 radical (unpaired) electrons. The number of aromatic nitrogens is 2. The molecule has 2 saturated heterocycles. The van der Waals surface area contributed by atoms with Crippen LogP contribution in [0.2, 0.25) is 0 Å². The van der Waals surface area contributed by atoms with Crippen molar-refractivity contribution in [1.82, 2.24) is 14.9 Å². The second-order valence-electron chi connectivity index (χ2n) is 6.21. The Kier molecular flexibility index (Phi) is 7.76. The van der Waals surface area contributed by atoms with Crippen molar-refractivity contribution >= 4 is 5.95 Å². The molecule has 0 unspecified atom stereocenters. The van der Waals surface area contributed by atoms with Gasteiger partial charge in [0.05, 0.1) is 6.10 Å². The molecule has 2 aliphatic rings. The number of piperidine rings is 2. The molecule has 3 heterocycles. The van der Waals surface area contributed by atoms with Gasteiger partial charge in [-0.3, -0.25) is 0 Å². The van der Waals surface area contributed by atoms with E-state index in [1.54, 1.807) is 0 Å². The summed E-state index contributed by atoms with van der Waals surface area (Å²) in [5.41, 5.74) is 0. The Labute approximate surface area is 141 Å². The van der Waals surface area contributed by atoms with Crippen LogP contribution in [0.1, 0.15) is 39.5 Å². The number of ether oxygens (including phenoxy) is 1. The Morgan fingerprint density at radius 1 is 1.00 bits per heavy atom. The van der Waals surface area contributed by atoms with Gasteiger partial charge < -0.3 is 14.5 Å². The highest BCUT2D eigenvalue weighted by Crippen LogP contribution is 2.23. The van der Waals surface area contributed by atoms with Crippen LogP contribution in [0.25, 0.3) is 0 Å². The molecule has 0 aromatic carbocycles. The lowest BCUT2D eigenvalue weighted by Crippen LogP contribution is -2.43. The van der Waals surface area contributed by atoms with Crippen molar-refractivity contribution < 1.29 is 4.74 Å². The quantitative estimate of drug-likeness (QED) is 0.853. The van der Waals surface area contributed by atoms with Crippen LogP contribution in [-0.2, 0) is 4.74 Å². The Morgan fingerprint density at radius 3 is 2.17 bits per heavy atom. The fraction of sp³-hybridized carbons (Fsp3) is 0.778. The van der Waals surface area contributed by atoms with Crippen LogP contribution in [0, 0.1) is 5.92 Å². The summed E-state index contributed by atoms with van der Waals surface area (Å²) in [4.78, 5) is 13.6. The van der Waals surface area contributed by atoms with Crippen LogP contribution >= 0.6 is 0 Å². The number of anilines is 1. The SMILES string of the molecule is CC.COC1CCN(CC2CCN(c3ncccn3)CC2)CC1. The van der Waals surface area contributed by atoms with Crippen molar-refractivity contribution in [3.8, 4) is 0 Å². The van der Waals surface area contributed by atoms with E-state index in [2.05, 4.69) is 19.8 Å². The summed E-state index contributed by atoms with van der Waals surface area (Å²) in [6.45, 7) is 9.81. The standard InChI is InChI=1S/C16H26N4O.C2H6/c1-21-15-5-9-19(10-6-15)13-14-3-11-20(12-4-14)16-17-7-2-8-18-16;1-2/h2,7-8,14-15H,3-6,9-13H2,1H3;1-2H3. The van der Waals surface area contributed by atoms with Gasteiger partial charge in [-0.05, 0) is 37.7 Å². The summed E-state index contributed by atoms with van der Waals surface area (Å²) in [7, 11) is 1.84. The van der Waals surface area contributed by atoms with Gasteiger partial charge in [0.2, 0.25) is 5.95 Å². The molecule has 0 aliphatic carbocycles. The zero-order valence-corrected chi connectivity index (χ0v) is 14.9. The fourth-order valence-corrected chi connectivity index (χ4v) is 3.46. The lowest BCUT2D eigenvalue weighted by Gasteiger charge is -2.37. The maximum atomic E-state index is 5.45. The first-order valence-electron chi connectivity index (χ1n) is 9.12. The molecule has 130 valence electrons. The molecule has 1 aromatic rings. The molecule has 1 aromatic heterocycles. The van der Waals surface area contributed by atoms with Crippen LogP contribution in [0.3, 0.4) is 0 Å². The van der Waals surface area contributed by atoms with E-state index in [0.717, 1.165) is 25.0 Å². The van der Waals surface area contributed by atoms with Crippen molar-refractivity contribution in [3.63, 3.8) is 0 Å². The number of methoxy groups -OCH3 is 1. The largest absolute Gasteiger partial charge is 0.381 e. The number of rotatable bonds is 4. The molecular formula is C18H32N4O. The van der Waals surface area contributed by atoms with Gasteiger partial charge >= 0.3 is 0 Å². The third-order valence-electron chi connectivity index (χ3n) is 4.83. The Hall–Kier alpha value is -1.20. The lowest BCUT2D eigenvalue weighted by molar-refractivity contribution is 0.0353. The van der Waals surface area contributed by atoms with Crippen LogP contribution < -0.4 is 4.90 Å². The van der Waals surface area contributed by atoms with Crippen LogP contribution in [0.5, 0.6) is 0 Å². The topological polar surface area (TPSA) is 41.5 Å². The molecule has 2 fully saturated rings. The zero-order chi connectivity index (χ0) is 16.5. The van der Waals surface area contributed by atoms with Gasteiger partial charge in [0, 0.05) is 52.2 Å². The summed E-state index contributed by atoms with van der Waals surface area (Å²) < 4.78 is 5.45. The minimum absolute atomic E-state index is 0.485. The van der Waals surface area contributed by atoms with E-state index in [0.29, 0.717) is 6.10 Å². The van der Waals surface area contributed by atoms with E-state index in [1.165, 1.54) is 45.3 Å². The first kappa shape index (κ1) is 18.1. The van der Waals surface area contributed by atoms with E-state index in [-0.39, 0.29) is 0 Å². The van der Waals surface area contributed by atoms with E-state index in [4.69, 9.17) is 4.74 Å². The monoisotopic (exact) mass is 320 g/mol. The van der Waals surface area contributed by atoms with Gasteiger partial charge in [-0.1, -0.05) is 13.8 Å². The average molecular weight is 320 g/mol. The van der Waals surface area contributed by atoms with Crippen LogP contribution in [0.4, 0.5) is 5.95 Å². The highest BCUT2D eigenvalue weighted by atomic mass is 16.5. The molecule has 0 amide bonds. The van der Waals surface area contributed by atoms with Gasteiger partial charge in [0.1, 0.15) is 0 Å². The lowest BCUT2D eigenvalue weighted by atomic mass is 9.95. The molecule has 2 aliphatic heterocycles. The second-order valence-corrected chi connectivity index (χ2v) is 6.21. The average Bonchev–Trinajstić information content (AvgIpc) is 2.65. The Bertz CT molecular complexity index is 412. The minimum Gasteiger partial charge on any atom is -0.381 e. The van der Waals surface area contributed by atoms with E-state index in [9.17, 15) is 0 Å². The molecule has 0 bridgehead atoms. The predicted molar refractivity (Wildman–Crippen MR) is 94.8 cm³/mol. The maximum Gasteiger partial charge on any atom is 0.225 e. The molecule has 5 nitrogen and oxygen atoms in total. The first-order valence-corrected chi connectivity index (χ1v) is 9.12. The highest BCUT2D eigenvalue weighted by molar-refractivity contribution is 5.28. The highest BCUT2D eigenvalue weighted by Gasteiger charge is 2.25. The molecule has 0 spiro atoms. The van der Waals surface area contributed by atoms with Gasteiger partial charge in [0.15, 0.2) is 0 Å². The van der Waals surface area contributed by atoms with E-state index < -0.39 is 0 Å². The van der Waals surface area contributed by atoms with Gasteiger partial charge in [-0.15, -0.1) is 0 Å². The summed E-state index contributed by atoms with van der Waals surface area (Å²) in [6.07, 6.45) is 9.02. The molecule has 23 heavy (non-hydrogen) atoms. The van der Waals surface area contributed by atoms with Crippen LogP contribution in [-0.4, -0.2) is 60.8 Å². The number of hydrogen-bond acceptors (Lipinski definition) is 5. The molecule has 0 atom stereocenters. The first-order chi connectivity index (χ1) is 11.3. The number of hydrogen-bond donors (Lipinski definition) is 0. The maximum absolute atomic E-state index is 5.45. The van der Waals surface area contributed by atoms with Gasteiger partial charge in [-0.2, -0.15) is 0 Å². The van der Waals surface area contributed by atoms with E-state index >= 15 is 0 Å². The summed E-state index contributed by atoms with van der Waals surface area (Å²) in [5.74, 6) is 1.71. The zero-order valence-electron chi connectivity index (χ0n) is 14.9. The summed E-state index contributed by atoms with van der Waals surface area (Å²) >= 11 is 0. The third kappa shape index (κ3) is 5.43. The minimum atomic E-state index is 0.485. The predicted octanol–water partition coefficient (Wildman–Crippen LogP) is 2.83. The normalized spacial score (nSPS) is 20.9. The van der Waals surface area contributed by atoms with Gasteiger partial charge in [-0.25, -0.2) is 9.97 Å². The second kappa shape index (κ2) is 9.83. The summed E-state index contributed by atoms with van der Waals surface area (Å²) in [6, 6.07) is 1.87. The summed E-state index contributed by atoms with van der Waals surface area (Å²) in [5, 5.41) is 0. The van der Waals surface area contributed by atoms with Crippen LogP contribution in [0.15, 0.2) is 18.5 Å². The van der Waals surface area contributed by atoms with Gasteiger partial charge in [0.25, 0.3) is 0 Å². The fourth-order valence-electron chi connectivity index (χ4n) is 3.46. The number of likely N-dealkylation sites (tertiary alicyclic amines) is 1. The Balaban J connectivity index is 0.000000924. The van der Waals surface area contributed by atoms with Crippen molar-refractivity contribution in [2.45, 2.75) is 45.6 Å². The van der Waals surface area contributed by atoms with Crippen molar-refractivity contribution in [2.24, 2.45) is 5.92 Å². The van der Waals surface area contributed by atoms with Crippen molar-refractivity contribution in [2.75, 3.05) is 44.7 Å². The number of nitrogens with zero attached hydrogens (tertiary/aromatic N) is 4. The molecular weight excluding hydrogens is 288 g/mol. The molecule has 0 N–H and O–H groups in total. The molecule has 5 heteroatoms. The Morgan fingerprint density at radius 2 is 1.61 bits per heavy atom. The smallest absolute Gasteiger partial charge is 0.225 e. The van der Waals surface area contributed by atoms with E-state index in [1.807, 2.05) is 39.4 Å². The molecule has 0 saturated carbocycles.